The number of hydrogen-bond acceptors (Lipinski definition) is 3. The highest BCUT2D eigenvalue weighted by molar-refractivity contribution is 5.74. The molecular formula is C21H37N3O3. The number of likely N-dealkylation sites (tertiary alicyclic amines) is 2. The second-order valence-corrected chi connectivity index (χ2v) is 8.96. The molecule has 2 saturated heterocycles. The van der Waals surface area contributed by atoms with Crippen molar-refractivity contribution in [3.05, 3.63) is 0 Å². The van der Waals surface area contributed by atoms with Gasteiger partial charge in [-0.05, 0) is 56.8 Å². The molecule has 2 atom stereocenters. The molecule has 1 saturated carbocycles. The molecule has 3 aliphatic rings. The summed E-state index contributed by atoms with van der Waals surface area (Å²) in [6.07, 6.45) is 11.8. The summed E-state index contributed by atoms with van der Waals surface area (Å²) in [7, 11) is 0. The van der Waals surface area contributed by atoms with Crippen molar-refractivity contribution in [1.82, 2.24) is 10.2 Å². The molecule has 3 rings (SSSR count). The second kappa shape index (κ2) is 10.3. The molecule has 154 valence electrons. The Morgan fingerprint density at radius 1 is 0.963 bits per heavy atom. The molecule has 2 aliphatic heterocycles. The van der Waals surface area contributed by atoms with E-state index in [1.807, 2.05) is 4.90 Å². The lowest BCUT2D eigenvalue weighted by atomic mass is 9.81. The Labute approximate surface area is 163 Å². The van der Waals surface area contributed by atoms with Gasteiger partial charge in [0.25, 0.3) is 0 Å². The van der Waals surface area contributed by atoms with Crippen LogP contribution in [-0.2, 0) is 4.79 Å². The van der Waals surface area contributed by atoms with Crippen molar-refractivity contribution in [3.8, 4) is 0 Å². The zero-order valence-electron chi connectivity index (χ0n) is 16.7. The number of amides is 2. The van der Waals surface area contributed by atoms with E-state index < -0.39 is 5.97 Å². The van der Waals surface area contributed by atoms with Crippen molar-refractivity contribution in [2.45, 2.75) is 76.7 Å². The Morgan fingerprint density at radius 2 is 1.67 bits per heavy atom. The molecule has 2 amide bonds. The maximum absolute atomic E-state index is 12.7. The third kappa shape index (κ3) is 6.37. The number of urea groups is 1. The van der Waals surface area contributed by atoms with Gasteiger partial charge in [0, 0.05) is 31.5 Å². The minimum Gasteiger partial charge on any atom is -0.550 e. The maximum atomic E-state index is 12.7. The molecule has 0 unspecified atom stereocenters. The Morgan fingerprint density at radius 3 is 2.37 bits per heavy atom. The van der Waals surface area contributed by atoms with Gasteiger partial charge in [-0.2, -0.15) is 0 Å². The summed E-state index contributed by atoms with van der Waals surface area (Å²) in [4.78, 5) is 27.5. The average Bonchev–Trinajstić information content (AvgIpc) is 2.68. The summed E-state index contributed by atoms with van der Waals surface area (Å²) in [5, 5.41) is 14.4. The van der Waals surface area contributed by atoms with Gasteiger partial charge in [0.2, 0.25) is 0 Å². The lowest BCUT2D eigenvalue weighted by Gasteiger charge is -2.40. The molecule has 3 fully saturated rings. The summed E-state index contributed by atoms with van der Waals surface area (Å²) < 4.78 is 0. The number of nitrogens with one attached hydrogen (secondary N) is 2. The third-order valence-electron chi connectivity index (χ3n) is 6.97. The van der Waals surface area contributed by atoms with Gasteiger partial charge >= 0.3 is 6.03 Å². The molecule has 1 aliphatic carbocycles. The summed E-state index contributed by atoms with van der Waals surface area (Å²) in [5.74, 6) is -0.517. The molecule has 0 spiro atoms. The molecule has 6 nitrogen and oxygen atoms in total. The smallest absolute Gasteiger partial charge is 0.317 e. The van der Waals surface area contributed by atoms with Gasteiger partial charge in [-0.3, -0.25) is 0 Å². The maximum Gasteiger partial charge on any atom is 0.317 e. The predicted molar refractivity (Wildman–Crippen MR) is 102 cm³/mol. The van der Waals surface area contributed by atoms with Crippen LogP contribution in [0.3, 0.4) is 0 Å². The third-order valence-corrected chi connectivity index (χ3v) is 6.97. The molecule has 6 heteroatoms. The fourth-order valence-electron chi connectivity index (χ4n) is 5.28. The van der Waals surface area contributed by atoms with Gasteiger partial charge < -0.3 is 25.0 Å². The lowest BCUT2D eigenvalue weighted by molar-refractivity contribution is -0.905. The second-order valence-electron chi connectivity index (χ2n) is 8.96. The average molecular weight is 380 g/mol. The van der Waals surface area contributed by atoms with E-state index in [2.05, 4.69) is 5.32 Å². The minimum absolute atomic E-state index is 0.0594. The van der Waals surface area contributed by atoms with Crippen molar-refractivity contribution in [3.63, 3.8) is 0 Å². The van der Waals surface area contributed by atoms with Crippen LogP contribution in [0, 0.1) is 11.8 Å². The van der Waals surface area contributed by atoms with E-state index in [1.54, 1.807) is 4.90 Å². The van der Waals surface area contributed by atoms with Crippen LogP contribution in [0.4, 0.5) is 4.79 Å². The van der Waals surface area contributed by atoms with Crippen molar-refractivity contribution >= 4 is 12.0 Å². The standard InChI is InChI=1S/C21H37N3O3/c25-20(26)15-17-10-14-24(21(27)22-19-7-3-1-4-8-19)16-18(17)9-13-23-11-5-2-6-12-23/h17-19H,1-16H2,(H,22,27)(H,25,26)/t17-,18-/m0/s1. The molecule has 0 aromatic heterocycles. The van der Waals surface area contributed by atoms with Gasteiger partial charge in [-0.25, -0.2) is 4.79 Å². The number of carbonyl (C=O) groups excluding carboxylic acids is 2. The molecule has 2 heterocycles. The van der Waals surface area contributed by atoms with Crippen molar-refractivity contribution in [2.75, 3.05) is 32.7 Å². The van der Waals surface area contributed by atoms with E-state index in [0.717, 1.165) is 32.2 Å². The molecule has 0 bridgehead atoms. The Hall–Kier alpha value is -1.30. The number of aliphatic carboxylic acids is 1. The van der Waals surface area contributed by atoms with Gasteiger partial charge in [-0.15, -0.1) is 0 Å². The van der Waals surface area contributed by atoms with Crippen LogP contribution < -0.4 is 15.3 Å². The molecule has 27 heavy (non-hydrogen) atoms. The topological polar surface area (TPSA) is 76.9 Å². The van der Waals surface area contributed by atoms with Crippen LogP contribution in [0.5, 0.6) is 0 Å². The minimum atomic E-state index is -0.949. The van der Waals surface area contributed by atoms with Crippen molar-refractivity contribution in [1.29, 1.82) is 0 Å². The van der Waals surface area contributed by atoms with Crippen LogP contribution in [0.15, 0.2) is 0 Å². The summed E-state index contributed by atoms with van der Waals surface area (Å²) >= 11 is 0. The molecular weight excluding hydrogens is 342 g/mol. The number of carboxylic acid groups (broad SMARTS) is 1. The van der Waals surface area contributed by atoms with E-state index in [4.69, 9.17) is 0 Å². The highest BCUT2D eigenvalue weighted by Gasteiger charge is 2.33. The van der Waals surface area contributed by atoms with Crippen LogP contribution in [0.1, 0.15) is 70.6 Å². The normalized spacial score (nSPS) is 28.1. The van der Waals surface area contributed by atoms with Crippen molar-refractivity contribution < 1.29 is 19.6 Å². The van der Waals surface area contributed by atoms with E-state index in [1.165, 1.54) is 51.6 Å². The van der Waals surface area contributed by atoms with Crippen LogP contribution in [0.25, 0.3) is 0 Å². The number of quaternary nitrogens is 1. The number of carboxylic acids is 1. The van der Waals surface area contributed by atoms with Crippen LogP contribution in [0.2, 0.25) is 0 Å². The summed E-state index contributed by atoms with van der Waals surface area (Å²) in [5.41, 5.74) is 0. The molecule has 2 N–H and O–H groups in total. The van der Waals surface area contributed by atoms with Crippen molar-refractivity contribution in [2.24, 2.45) is 11.8 Å². The van der Waals surface area contributed by atoms with Gasteiger partial charge in [-0.1, -0.05) is 19.3 Å². The van der Waals surface area contributed by atoms with Gasteiger partial charge in [0.05, 0.1) is 19.6 Å². The first-order valence-electron chi connectivity index (χ1n) is 11.2. The first-order chi connectivity index (χ1) is 13.1. The van der Waals surface area contributed by atoms with Crippen LogP contribution in [-0.4, -0.2) is 55.7 Å². The van der Waals surface area contributed by atoms with E-state index in [-0.39, 0.29) is 24.3 Å². The van der Waals surface area contributed by atoms with E-state index >= 15 is 0 Å². The van der Waals surface area contributed by atoms with E-state index in [9.17, 15) is 14.7 Å². The number of rotatable bonds is 6. The predicted octanol–water partition coefficient (Wildman–Crippen LogP) is 0.566. The van der Waals surface area contributed by atoms with Gasteiger partial charge in [0.15, 0.2) is 0 Å². The Kier molecular flexibility index (Phi) is 7.80. The zero-order valence-corrected chi connectivity index (χ0v) is 16.7. The zero-order chi connectivity index (χ0) is 19.1. The monoisotopic (exact) mass is 379 g/mol. The first-order valence-corrected chi connectivity index (χ1v) is 11.2. The summed E-state index contributed by atoms with van der Waals surface area (Å²) in [6.45, 7) is 4.95. The quantitative estimate of drug-likeness (QED) is 0.708. The highest BCUT2D eigenvalue weighted by Crippen LogP contribution is 2.29. The van der Waals surface area contributed by atoms with Crippen LogP contribution >= 0.6 is 0 Å². The first kappa shape index (κ1) is 20.4. The SMILES string of the molecule is O=C([O-])C[C@@H]1CCN(C(=O)NC2CCCCC2)C[C@@H]1CC[NH+]1CCCCC1. The molecule has 0 aromatic rings. The highest BCUT2D eigenvalue weighted by atomic mass is 16.4. The number of hydrogen-bond donors (Lipinski definition) is 2. The van der Waals surface area contributed by atoms with E-state index in [0.29, 0.717) is 19.1 Å². The number of carbonyl (C=O) groups is 2. The fourth-order valence-corrected chi connectivity index (χ4v) is 5.28. The Balaban J connectivity index is 1.52. The molecule has 0 aromatic carbocycles. The number of nitrogens with zero attached hydrogens (tertiary/aromatic N) is 1. The lowest BCUT2D eigenvalue weighted by Crippen LogP contribution is -3.12. The number of piperidine rings is 2. The largest absolute Gasteiger partial charge is 0.550 e. The fraction of sp³-hybridized carbons (Fsp3) is 0.905. The Bertz CT molecular complexity index is 487. The molecule has 0 radical (unpaired) electrons. The van der Waals surface area contributed by atoms with Gasteiger partial charge in [0.1, 0.15) is 0 Å². The summed E-state index contributed by atoms with van der Waals surface area (Å²) in [6, 6.07) is 0.382.